The van der Waals surface area contributed by atoms with Gasteiger partial charge in [-0.1, -0.05) is 17.7 Å². The van der Waals surface area contributed by atoms with Crippen LogP contribution in [0.2, 0.25) is 0 Å². The number of rotatable bonds is 6. The van der Waals surface area contributed by atoms with Gasteiger partial charge < -0.3 is 19.3 Å². The number of hydrogen-bond donors (Lipinski definition) is 1. The molecule has 1 aromatic heterocycles. The highest BCUT2D eigenvalue weighted by molar-refractivity contribution is 5.97. The number of piperidine rings is 1. The summed E-state index contributed by atoms with van der Waals surface area (Å²) in [6, 6.07) is 13.7. The molecule has 1 amide bonds. The first kappa shape index (κ1) is 19.5. The standard InChI is InChI=1S/C23H27N3O3/c1-17-4-7-20(8-5-17)29-15-18-3-2-10-25(14-18)23(28)19-6-9-22-21(13-19)24-16-26(22)11-12-27/h4-9,13,16,18,27H,2-3,10-12,14-15H2,1H3/t18-/m0/s1. The van der Waals surface area contributed by atoms with Crippen molar-refractivity contribution in [1.82, 2.24) is 14.5 Å². The highest BCUT2D eigenvalue weighted by Crippen LogP contribution is 2.22. The number of amides is 1. The number of hydrogen-bond acceptors (Lipinski definition) is 4. The number of imidazole rings is 1. The summed E-state index contributed by atoms with van der Waals surface area (Å²) in [5.74, 6) is 1.26. The molecule has 0 spiro atoms. The van der Waals surface area contributed by atoms with Gasteiger partial charge in [0.2, 0.25) is 0 Å². The van der Waals surface area contributed by atoms with Crippen LogP contribution in [-0.2, 0) is 6.54 Å². The van der Waals surface area contributed by atoms with Crippen molar-refractivity contribution in [2.75, 3.05) is 26.3 Å². The van der Waals surface area contributed by atoms with Gasteiger partial charge in [-0.2, -0.15) is 0 Å². The fourth-order valence-corrected chi connectivity index (χ4v) is 3.90. The molecule has 1 atom stereocenters. The molecule has 0 saturated carbocycles. The SMILES string of the molecule is Cc1ccc(OC[C@H]2CCCN(C(=O)c3ccc4c(c3)ncn4CCO)C2)cc1. The van der Waals surface area contributed by atoms with E-state index >= 15 is 0 Å². The number of carbonyl (C=O) groups excluding carboxylic acids is 1. The fraction of sp³-hybridized carbons (Fsp3) is 0.391. The Balaban J connectivity index is 1.40. The second kappa shape index (κ2) is 8.66. The lowest BCUT2D eigenvalue weighted by Crippen LogP contribution is -2.41. The molecule has 2 aromatic carbocycles. The number of likely N-dealkylation sites (tertiary alicyclic amines) is 1. The number of fused-ring (bicyclic) bond motifs is 1. The predicted molar refractivity (Wildman–Crippen MR) is 112 cm³/mol. The second-order valence-corrected chi connectivity index (χ2v) is 7.75. The van der Waals surface area contributed by atoms with Crippen LogP contribution in [0.4, 0.5) is 0 Å². The smallest absolute Gasteiger partial charge is 0.253 e. The Morgan fingerprint density at radius 3 is 2.86 bits per heavy atom. The molecular formula is C23H27N3O3. The van der Waals surface area contributed by atoms with Crippen LogP contribution in [0.5, 0.6) is 5.75 Å². The van der Waals surface area contributed by atoms with E-state index in [0.717, 1.165) is 36.2 Å². The minimum atomic E-state index is 0.0450. The molecule has 6 heteroatoms. The Morgan fingerprint density at radius 2 is 2.07 bits per heavy atom. The van der Waals surface area contributed by atoms with Crippen LogP contribution in [0.15, 0.2) is 48.8 Å². The molecule has 1 aliphatic heterocycles. The number of aryl methyl sites for hydroxylation is 1. The summed E-state index contributed by atoms with van der Waals surface area (Å²) in [7, 11) is 0. The van der Waals surface area contributed by atoms with E-state index in [2.05, 4.69) is 11.9 Å². The summed E-state index contributed by atoms with van der Waals surface area (Å²) in [4.78, 5) is 19.3. The Kier molecular flexibility index (Phi) is 5.81. The molecular weight excluding hydrogens is 366 g/mol. The van der Waals surface area contributed by atoms with Gasteiger partial charge in [0.1, 0.15) is 5.75 Å². The van der Waals surface area contributed by atoms with Crippen LogP contribution < -0.4 is 4.74 Å². The van der Waals surface area contributed by atoms with E-state index in [9.17, 15) is 4.79 Å². The van der Waals surface area contributed by atoms with E-state index < -0.39 is 0 Å². The summed E-state index contributed by atoms with van der Waals surface area (Å²) < 4.78 is 7.84. The first-order valence-electron chi connectivity index (χ1n) is 10.2. The van der Waals surface area contributed by atoms with Crippen molar-refractivity contribution < 1.29 is 14.6 Å². The van der Waals surface area contributed by atoms with Crippen molar-refractivity contribution in [1.29, 1.82) is 0 Å². The zero-order valence-electron chi connectivity index (χ0n) is 16.8. The summed E-state index contributed by atoms with van der Waals surface area (Å²) in [6.07, 6.45) is 3.76. The van der Waals surface area contributed by atoms with Crippen LogP contribution in [0.3, 0.4) is 0 Å². The van der Waals surface area contributed by atoms with Gasteiger partial charge in [-0.25, -0.2) is 4.98 Å². The van der Waals surface area contributed by atoms with E-state index in [1.807, 2.05) is 51.9 Å². The molecule has 0 aliphatic carbocycles. The maximum absolute atomic E-state index is 13.0. The summed E-state index contributed by atoms with van der Waals surface area (Å²) in [5, 5.41) is 9.14. The molecule has 1 N–H and O–H groups in total. The number of benzene rings is 2. The van der Waals surface area contributed by atoms with E-state index in [1.54, 1.807) is 6.33 Å². The van der Waals surface area contributed by atoms with Gasteiger partial charge in [-0.15, -0.1) is 0 Å². The number of carbonyl (C=O) groups is 1. The number of aliphatic hydroxyl groups is 1. The molecule has 152 valence electrons. The molecule has 4 rings (SSSR count). The minimum absolute atomic E-state index is 0.0450. The van der Waals surface area contributed by atoms with Gasteiger partial charge in [-0.3, -0.25) is 4.79 Å². The van der Waals surface area contributed by atoms with E-state index in [0.29, 0.717) is 31.2 Å². The van der Waals surface area contributed by atoms with Gasteiger partial charge in [0.15, 0.2) is 0 Å². The third-order valence-electron chi connectivity index (χ3n) is 5.52. The lowest BCUT2D eigenvalue weighted by Gasteiger charge is -2.32. The molecule has 0 radical (unpaired) electrons. The lowest BCUT2D eigenvalue weighted by molar-refractivity contribution is 0.0633. The van der Waals surface area contributed by atoms with Crippen LogP contribution >= 0.6 is 0 Å². The third kappa shape index (κ3) is 4.43. The second-order valence-electron chi connectivity index (χ2n) is 7.75. The van der Waals surface area contributed by atoms with Gasteiger partial charge in [0, 0.05) is 31.1 Å². The molecule has 1 saturated heterocycles. The van der Waals surface area contributed by atoms with Crippen molar-refractivity contribution in [3.8, 4) is 5.75 Å². The highest BCUT2D eigenvalue weighted by Gasteiger charge is 2.25. The first-order chi connectivity index (χ1) is 14.1. The Hall–Kier alpha value is -2.86. The normalized spacial score (nSPS) is 16.9. The molecule has 1 fully saturated rings. The Morgan fingerprint density at radius 1 is 1.24 bits per heavy atom. The maximum atomic E-state index is 13.0. The molecule has 1 aliphatic rings. The van der Waals surface area contributed by atoms with Crippen molar-refractivity contribution in [3.05, 3.63) is 59.9 Å². The molecule has 2 heterocycles. The average Bonchev–Trinajstić information content (AvgIpc) is 3.15. The Bertz CT molecular complexity index is 981. The molecule has 3 aromatic rings. The molecule has 29 heavy (non-hydrogen) atoms. The van der Waals surface area contributed by atoms with Crippen molar-refractivity contribution in [3.63, 3.8) is 0 Å². The number of ether oxygens (including phenoxy) is 1. The van der Waals surface area contributed by atoms with Crippen LogP contribution in [0.1, 0.15) is 28.8 Å². The van der Waals surface area contributed by atoms with Crippen molar-refractivity contribution in [2.45, 2.75) is 26.3 Å². The molecule has 0 bridgehead atoms. The quantitative estimate of drug-likeness (QED) is 0.698. The van der Waals surface area contributed by atoms with Crippen molar-refractivity contribution >= 4 is 16.9 Å². The summed E-state index contributed by atoms with van der Waals surface area (Å²) >= 11 is 0. The zero-order chi connectivity index (χ0) is 20.2. The lowest BCUT2D eigenvalue weighted by atomic mass is 9.98. The zero-order valence-corrected chi connectivity index (χ0v) is 16.8. The van der Waals surface area contributed by atoms with Crippen LogP contribution in [0.25, 0.3) is 11.0 Å². The third-order valence-corrected chi connectivity index (χ3v) is 5.52. The summed E-state index contributed by atoms with van der Waals surface area (Å²) in [5.41, 5.74) is 3.58. The van der Waals surface area contributed by atoms with E-state index in [1.165, 1.54) is 5.56 Å². The van der Waals surface area contributed by atoms with Crippen LogP contribution in [-0.4, -0.2) is 51.8 Å². The van der Waals surface area contributed by atoms with Gasteiger partial charge >= 0.3 is 0 Å². The van der Waals surface area contributed by atoms with E-state index in [-0.39, 0.29) is 12.5 Å². The van der Waals surface area contributed by atoms with Crippen LogP contribution in [0, 0.1) is 12.8 Å². The predicted octanol–water partition coefficient (Wildman–Crippen LogP) is 3.27. The molecule has 0 unspecified atom stereocenters. The Labute approximate surface area is 170 Å². The number of aliphatic hydroxyl groups excluding tert-OH is 1. The van der Waals surface area contributed by atoms with E-state index in [4.69, 9.17) is 9.84 Å². The number of nitrogens with zero attached hydrogens (tertiary/aromatic N) is 3. The van der Waals surface area contributed by atoms with Crippen molar-refractivity contribution in [2.24, 2.45) is 5.92 Å². The maximum Gasteiger partial charge on any atom is 0.253 e. The topological polar surface area (TPSA) is 67.6 Å². The largest absolute Gasteiger partial charge is 0.493 e. The summed E-state index contributed by atoms with van der Waals surface area (Å²) in [6.45, 7) is 4.73. The highest BCUT2D eigenvalue weighted by atomic mass is 16.5. The fourth-order valence-electron chi connectivity index (χ4n) is 3.90. The molecule has 6 nitrogen and oxygen atoms in total. The van der Waals surface area contributed by atoms with Gasteiger partial charge in [0.25, 0.3) is 5.91 Å². The van der Waals surface area contributed by atoms with Gasteiger partial charge in [-0.05, 0) is 50.1 Å². The number of aromatic nitrogens is 2. The minimum Gasteiger partial charge on any atom is -0.493 e. The average molecular weight is 393 g/mol. The van der Waals surface area contributed by atoms with Gasteiger partial charge in [0.05, 0.1) is 30.6 Å². The first-order valence-corrected chi connectivity index (χ1v) is 10.2. The monoisotopic (exact) mass is 393 g/mol.